The third kappa shape index (κ3) is 6.21. The monoisotopic (exact) mass is 431 g/mol. The first-order valence-corrected chi connectivity index (χ1v) is 12.5. The molecule has 5 nitrogen and oxygen atoms in total. The molecule has 6 heteroatoms. The highest BCUT2D eigenvalue weighted by Gasteiger charge is 2.30. The van der Waals surface area contributed by atoms with E-state index in [9.17, 15) is 13.2 Å². The molecule has 0 heterocycles. The van der Waals surface area contributed by atoms with Gasteiger partial charge in [-0.15, -0.1) is 0 Å². The molecule has 3 rings (SSSR count). The summed E-state index contributed by atoms with van der Waals surface area (Å²) < 4.78 is 30.6. The number of nitrogens with two attached hydrogens (primary N) is 1. The molecule has 2 N–H and O–H groups in total. The smallest absolute Gasteiger partial charge is 0.218 e. The molecule has 0 aromatic heterocycles. The van der Waals surface area contributed by atoms with Gasteiger partial charge in [-0.3, -0.25) is 4.79 Å². The summed E-state index contributed by atoms with van der Waals surface area (Å²) in [5.74, 6) is 0.711. The zero-order valence-corrected chi connectivity index (χ0v) is 19.0. The van der Waals surface area contributed by atoms with Gasteiger partial charge in [-0.25, -0.2) is 8.42 Å². The molecule has 1 saturated carbocycles. The van der Waals surface area contributed by atoms with E-state index < -0.39 is 15.7 Å². The average Bonchev–Trinajstić information content (AvgIpc) is 2.66. The summed E-state index contributed by atoms with van der Waals surface area (Å²) in [6.07, 6.45) is 4.69. The molecule has 0 aliphatic heterocycles. The molecule has 1 aliphatic carbocycles. The zero-order valence-electron chi connectivity index (χ0n) is 18.2. The van der Waals surface area contributed by atoms with Gasteiger partial charge in [-0.05, 0) is 65.5 Å². The van der Waals surface area contributed by atoms with E-state index in [1.165, 1.54) is 12.8 Å². The lowest BCUT2D eigenvalue weighted by Gasteiger charge is -2.37. The molecule has 0 radical (unpaired) electrons. The van der Waals surface area contributed by atoms with Gasteiger partial charge in [0.15, 0.2) is 9.84 Å². The van der Waals surface area contributed by atoms with E-state index in [0.29, 0.717) is 11.0 Å². The van der Waals surface area contributed by atoms with Crippen molar-refractivity contribution in [3.05, 3.63) is 42.0 Å². The third-order valence-electron chi connectivity index (χ3n) is 6.12. The first-order chi connectivity index (χ1) is 14.0. The topological polar surface area (TPSA) is 86.5 Å². The van der Waals surface area contributed by atoms with Crippen LogP contribution in [0, 0.1) is 11.3 Å². The van der Waals surface area contributed by atoms with Crippen molar-refractivity contribution in [3.8, 4) is 5.75 Å². The summed E-state index contributed by atoms with van der Waals surface area (Å²) in [5.41, 5.74) is 6.13. The Hall–Kier alpha value is -2.08. The van der Waals surface area contributed by atoms with Gasteiger partial charge in [-0.2, -0.15) is 0 Å². The number of fused-ring (bicyclic) bond motifs is 1. The highest BCUT2D eigenvalue weighted by Crippen LogP contribution is 2.39. The van der Waals surface area contributed by atoms with E-state index in [4.69, 9.17) is 10.5 Å². The number of sulfone groups is 1. The van der Waals surface area contributed by atoms with Crippen LogP contribution < -0.4 is 10.5 Å². The number of carbonyl (C=O) groups is 1. The Labute approximate surface area is 179 Å². The second-order valence-electron chi connectivity index (χ2n) is 9.61. The molecule has 0 spiro atoms. The van der Waals surface area contributed by atoms with Gasteiger partial charge in [0.1, 0.15) is 5.75 Å². The lowest BCUT2D eigenvalue weighted by Crippen LogP contribution is -2.30. The summed E-state index contributed by atoms with van der Waals surface area (Å²) in [7, 11) is -3.37. The molecule has 1 aliphatic rings. The number of hydrogen-bond donors (Lipinski definition) is 1. The number of primary amides is 1. The van der Waals surface area contributed by atoms with Gasteiger partial charge in [0.2, 0.25) is 5.91 Å². The molecular weight excluding hydrogens is 398 g/mol. The number of amides is 1. The van der Waals surface area contributed by atoms with Crippen molar-refractivity contribution in [1.29, 1.82) is 0 Å². The Morgan fingerprint density at radius 3 is 2.30 bits per heavy atom. The fourth-order valence-electron chi connectivity index (χ4n) is 4.26. The molecule has 2 aromatic rings. The second kappa shape index (κ2) is 8.96. The summed E-state index contributed by atoms with van der Waals surface area (Å²) in [6.45, 7) is 6.96. The van der Waals surface area contributed by atoms with Gasteiger partial charge in [0.05, 0.1) is 17.6 Å². The Kier molecular flexibility index (Phi) is 6.75. The molecule has 0 atom stereocenters. The molecule has 164 valence electrons. The van der Waals surface area contributed by atoms with Crippen LogP contribution in [-0.2, 0) is 20.4 Å². The van der Waals surface area contributed by atoms with E-state index in [0.717, 1.165) is 35.3 Å². The minimum atomic E-state index is -3.37. The van der Waals surface area contributed by atoms with Crippen molar-refractivity contribution in [2.75, 3.05) is 5.75 Å². The molecule has 0 bridgehead atoms. The Morgan fingerprint density at radius 2 is 1.67 bits per heavy atom. The van der Waals surface area contributed by atoms with Gasteiger partial charge in [0, 0.05) is 6.42 Å². The second-order valence-corrected chi connectivity index (χ2v) is 11.8. The maximum Gasteiger partial charge on any atom is 0.218 e. The molecule has 1 fully saturated rings. The number of benzene rings is 2. The van der Waals surface area contributed by atoms with Crippen molar-refractivity contribution < 1.29 is 17.9 Å². The van der Waals surface area contributed by atoms with Crippen LogP contribution in [0.5, 0.6) is 5.75 Å². The molecule has 1 amide bonds. The van der Waals surface area contributed by atoms with Crippen molar-refractivity contribution in [3.63, 3.8) is 0 Å². The molecule has 0 unspecified atom stereocenters. The first kappa shape index (κ1) is 22.6. The van der Waals surface area contributed by atoms with Crippen LogP contribution in [0.2, 0.25) is 0 Å². The van der Waals surface area contributed by atoms with E-state index in [2.05, 4.69) is 20.8 Å². The number of rotatable bonds is 7. The number of carbonyl (C=O) groups excluding carboxylic acids is 1. The highest BCUT2D eigenvalue weighted by molar-refractivity contribution is 7.90. The minimum Gasteiger partial charge on any atom is -0.490 e. The zero-order chi connectivity index (χ0) is 21.9. The Bertz CT molecular complexity index is 1000. The lowest BCUT2D eigenvalue weighted by atomic mass is 9.72. The van der Waals surface area contributed by atoms with Crippen molar-refractivity contribution in [2.24, 2.45) is 17.1 Å². The van der Waals surface area contributed by atoms with Gasteiger partial charge < -0.3 is 10.5 Å². The number of ether oxygens (including phenoxy) is 1. The predicted molar refractivity (Wildman–Crippen MR) is 121 cm³/mol. The van der Waals surface area contributed by atoms with E-state index in [-0.39, 0.29) is 24.0 Å². The normalized spacial score (nSPS) is 20.2. The minimum absolute atomic E-state index is 0.0918. The van der Waals surface area contributed by atoms with Crippen LogP contribution in [-0.4, -0.2) is 26.2 Å². The fourth-order valence-corrected chi connectivity index (χ4v) is 5.60. The van der Waals surface area contributed by atoms with Crippen molar-refractivity contribution >= 4 is 26.5 Å². The summed E-state index contributed by atoms with van der Waals surface area (Å²) in [5, 5.41) is 2.00. The van der Waals surface area contributed by atoms with Crippen LogP contribution >= 0.6 is 0 Å². The van der Waals surface area contributed by atoms with Gasteiger partial charge >= 0.3 is 0 Å². The quantitative estimate of drug-likeness (QED) is 0.693. The van der Waals surface area contributed by atoms with Crippen LogP contribution in [0.15, 0.2) is 36.4 Å². The Balaban J connectivity index is 1.64. The Morgan fingerprint density at radius 1 is 1.03 bits per heavy atom. The SMILES string of the molecule is CC(C)(C)[C@H]1CC[C@H](Oc2ccc3cc(CS(=O)(=O)CCC(N)=O)ccc3c2)CC1. The molecule has 0 saturated heterocycles. The fraction of sp³-hybridized carbons (Fsp3) is 0.542. The van der Waals surface area contributed by atoms with E-state index >= 15 is 0 Å². The molecular formula is C24H33NO4S. The van der Waals surface area contributed by atoms with Crippen LogP contribution in [0.4, 0.5) is 0 Å². The first-order valence-electron chi connectivity index (χ1n) is 10.7. The van der Waals surface area contributed by atoms with Crippen molar-refractivity contribution in [1.82, 2.24) is 0 Å². The number of hydrogen-bond acceptors (Lipinski definition) is 4. The largest absolute Gasteiger partial charge is 0.490 e. The maximum atomic E-state index is 12.2. The summed E-state index contributed by atoms with van der Waals surface area (Å²) in [6, 6.07) is 11.6. The van der Waals surface area contributed by atoms with E-state index in [1.54, 1.807) is 0 Å². The van der Waals surface area contributed by atoms with Crippen LogP contribution in [0.1, 0.15) is 58.4 Å². The highest BCUT2D eigenvalue weighted by atomic mass is 32.2. The molecule has 2 aromatic carbocycles. The lowest BCUT2D eigenvalue weighted by molar-refractivity contribution is -0.117. The van der Waals surface area contributed by atoms with E-state index in [1.807, 2.05) is 36.4 Å². The summed E-state index contributed by atoms with van der Waals surface area (Å²) in [4.78, 5) is 10.9. The van der Waals surface area contributed by atoms with Crippen molar-refractivity contribution in [2.45, 2.75) is 64.7 Å². The van der Waals surface area contributed by atoms with Crippen LogP contribution in [0.3, 0.4) is 0 Å². The van der Waals surface area contributed by atoms with Crippen LogP contribution in [0.25, 0.3) is 10.8 Å². The van der Waals surface area contributed by atoms with Gasteiger partial charge in [0.25, 0.3) is 0 Å². The predicted octanol–water partition coefficient (Wildman–Crippen LogP) is 4.61. The summed E-state index contributed by atoms with van der Waals surface area (Å²) >= 11 is 0. The van der Waals surface area contributed by atoms with Gasteiger partial charge in [-0.1, -0.05) is 45.0 Å². The molecule has 30 heavy (non-hydrogen) atoms. The standard InChI is InChI=1S/C24H33NO4S/c1-24(2,3)20-7-10-21(11-8-20)29-22-9-6-18-14-17(4-5-19(18)15-22)16-30(27,28)13-12-23(25)26/h4-6,9,14-15,20-21H,7-8,10-13,16H2,1-3H3,(H2,25,26)/t20-,21-. The average molecular weight is 432 g/mol. The third-order valence-corrected chi connectivity index (χ3v) is 7.72. The maximum absolute atomic E-state index is 12.2.